The van der Waals surface area contributed by atoms with E-state index in [2.05, 4.69) is 25.7 Å². The summed E-state index contributed by atoms with van der Waals surface area (Å²) in [7, 11) is 1.86. The summed E-state index contributed by atoms with van der Waals surface area (Å²) < 4.78 is 1.73. The first-order valence-electron chi connectivity index (χ1n) is 10.1. The molecule has 0 aliphatic rings. The van der Waals surface area contributed by atoms with Gasteiger partial charge in [0.05, 0.1) is 18.5 Å². The third-order valence-electron chi connectivity index (χ3n) is 5.09. The quantitative estimate of drug-likeness (QED) is 0.429. The van der Waals surface area contributed by atoms with E-state index < -0.39 is 0 Å². The summed E-state index contributed by atoms with van der Waals surface area (Å²) in [5.41, 5.74) is 6.32. The van der Waals surface area contributed by atoms with Gasteiger partial charge in [-0.15, -0.1) is 0 Å². The summed E-state index contributed by atoms with van der Waals surface area (Å²) in [5.74, 6) is 0.239. The van der Waals surface area contributed by atoms with Gasteiger partial charge in [0, 0.05) is 41.9 Å². The summed E-state index contributed by atoms with van der Waals surface area (Å²) in [6.45, 7) is 3.79. The Morgan fingerprint density at radius 2 is 1.84 bits per heavy atom. The first kappa shape index (κ1) is 21.2. The van der Waals surface area contributed by atoms with Crippen molar-refractivity contribution in [3.05, 3.63) is 83.3 Å². The highest BCUT2D eigenvalue weighted by Gasteiger charge is 2.11. The van der Waals surface area contributed by atoms with Crippen LogP contribution in [0.25, 0.3) is 11.3 Å². The molecule has 2 heterocycles. The van der Waals surface area contributed by atoms with Gasteiger partial charge in [-0.05, 0) is 60.9 Å². The summed E-state index contributed by atoms with van der Waals surface area (Å²) >= 11 is 0. The van der Waals surface area contributed by atoms with E-state index in [0.29, 0.717) is 17.2 Å². The zero-order chi connectivity index (χ0) is 22.7. The van der Waals surface area contributed by atoms with E-state index in [1.54, 1.807) is 47.4 Å². The molecule has 0 bridgehead atoms. The molecule has 0 saturated carbocycles. The zero-order valence-electron chi connectivity index (χ0n) is 18.1. The average molecular weight is 428 g/mol. The monoisotopic (exact) mass is 428 g/mol. The number of aliphatic hydroxyl groups excluding tert-OH is 1. The summed E-state index contributed by atoms with van der Waals surface area (Å²) in [5, 5.41) is 19.6. The van der Waals surface area contributed by atoms with E-state index in [0.717, 1.165) is 33.6 Å². The van der Waals surface area contributed by atoms with E-state index in [-0.39, 0.29) is 12.5 Å². The maximum atomic E-state index is 12.6. The highest BCUT2D eigenvalue weighted by Crippen LogP contribution is 2.23. The minimum atomic E-state index is -0.222. The van der Waals surface area contributed by atoms with Crippen LogP contribution in [0.1, 0.15) is 27.0 Å². The second-order valence-corrected chi connectivity index (χ2v) is 7.59. The van der Waals surface area contributed by atoms with Crippen LogP contribution in [0.2, 0.25) is 0 Å². The number of aromatic nitrogens is 4. The molecule has 4 aromatic rings. The van der Waals surface area contributed by atoms with Crippen LogP contribution in [0.4, 0.5) is 17.3 Å². The SMILES string of the molecule is Cc1ccc(CO)cc1NC(=O)c1ccc(Nc2ncc(C)c(-c3cnn(C)c3)n2)cc1. The number of nitrogens with one attached hydrogen (secondary N) is 2. The van der Waals surface area contributed by atoms with Gasteiger partial charge < -0.3 is 15.7 Å². The Morgan fingerprint density at radius 3 is 2.53 bits per heavy atom. The predicted molar refractivity (Wildman–Crippen MR) is 124 cm³/mol. The Bertz CT molecular complexity index is 1260. The van der Waals surface area contributed by atoms with Crippen LogP contribution in [0.3, 0.4) is 0 Å². The normalized spacial score (nSPS) is 10.8. The molecule has 0 spiro atoms. The molecule has 0 aliphatic heterocycles. The van der Waals surface area contributed by atoms with Crippen molar-refractivity contribution in [2.75, 3.05) is 10.6 Å². The van der Waals surface area contributed by atoms with Crippen LogP contribution < -0.4 is 10.6 Å². The molecule has 0 atom stereocenters. The molecule has 2 aromatic heterocycles. The number of amides is 1. The molecular weight excluding hydrogens is 404 g/mol. The highest BCUT2D eigenvalue weighted by atomic mass is 16.3. The van der Waals surface area contributed by atoms with Crippen molar-refractivity contribution in [1.82, 2.24) is 19.7 Å². The van der Waals surface area contributed by atoms with Crippen molar-refractivity contribution in [3.8, 4) is 11.3 Å². The molecule has 8 heteroatoms. The van der Waals surface area contributed by atoms with Gasteiger partial charge >= 0.3 is 0 Å². The van der Waals surface area contributed by atoms with E-state index in [1.807, 2.05) is 39.2 Å². The number of aliphatic hydroxyl groups is 1. The fraction of sp³-hybridized carbons (Fsp3) is 0.167. The molecule has 2 aromatic carbocycles. The van der Waals surface area contributed by atoms with E-state index in [9.17, 15) is 9.90 Å². The number of nitrogens with zero attached hydrogens (tertiary/aromatic N) is 4. The van der Waals surface area contributed by atoms with Gasteiger partial charge in [-0.1, -0.05) is 12.1 Å². The van der Waals surface area contributed by atoms with Gasteiger partial charge in [-0.25, -0.2) is 9.97 Å². The lowest BCUT2D eigenvalue weighted by Crippen LogP contribution is -2.13. The third-order valence-corrected chi connectivity index (χ3v) is 5.09. The molecule has 0 fully saturated rings. The molecule has 0 aliphatic carbocycles. The summed E-state index contributed by atoms with van der Waals surface area (Å²) in [6.07, 6.45) is 5.44. The van der Waals surface area contributed by atoms with E-state index in [1.165, 1.54) is 0 Å². The maximum Gasteiger partial charge on any atom is 0.255 e. The molecule has 4 rings (SSSR count). The second kappa shape index (κ2) is 8.99. The first-order chi connectivity index (χ1) is 15.4. The van der Waals surface area contributed by atoms with Gasteiger partial charge in [0.15, 0.2) is 0 Å². The van der Waals surface area contributed by atoms with Gasteiger partial charge in [0.2, 0.25) is 5.95 Å². The lowest BCUT2D eigenvalue weighted by Gasteiger charge is -2.11. The lowest BCUT2D eigenvalue weighted by atomic mass is 10.1. The Labute approximate surface area is 186 Å². The standard InChI is InChI=1S/C24H24N6O2/c1-15-4-5-17(14-31)10-21(15)28-23(32)18-6-8-20(9-7-18)27-24-25-11-16(2)22(29-24)19-12-26-30(3)13-19/h4-13,31H,14H2,1-3H3,(H,28,32)(H,25,27,29). The maximum absolute atomic E-state index is 12.6. The average Bonchev–Trinajstić information content (AvgIpc) is 3.23. The molecular formula is C24H24N6O2. The number of hydrogen-bond donors (Lipinski definition) is 3. The number of anilines is 3. The van der Waals surface area contributed by atoms with Gasteiger partial charge in [0.25, 0.3) is 5.91 Å². The largest absolute Gasteiger partial charge is 0.392 e. The minimum Gasteiger partial charge on any atom is -0.392 e. The van der Waals surface area contributed by atoms with Crippen LogP contribution >= 0.6 is 0 Å². The smallest absolute Gasteiger partial charge is 0.255 e. The van der Waals surface area contributed by atoms with Crippen LogP contribution in [0, 0.1) is 13.8 Å². The molecule has 0 radical (unpaired) electrons. The fourth-order valence-corrected chi connectivity index (χ4v) is 3.27. The Morgan fingerprint density at radius 1 is 1.06 bits per heavy atom. The Hall–Kier alpha value is -4.04. The molecule has 8 nitrogen and oxygen atoms in total. The van der Waals surface area contributed by atoms with Crippen LogP contribution in [-0.4, -0.2) is 30.8 Å². The number of hydrogen-bond acceptors (Lipinski definition) is 6. The van der Waals surface area contributed by atoms with Crippen molar-refractivity contribution in [3.63, 3.8) is 0 Å². The van der Waals surface area contributed by atoms with Crippen LogP contribution in [0.15, 0.2) is 61.1 Å². The van der Waals surface area contributed by atoms with Crippen LogP contribution in [-0.2, 0) is 13.7 Å². The third kappa shape index (κ3) is 4.65. The van der Waals surface area contributed by atoms with Crippen molar-refractivity contribution in [2.45, 2.75) is 20.5 Å². The van der Waals surface area contributed by atoms with E-state index >= 15 is 0 Å². The second-order valence-electron chi connectivity index (χ2n) is 7.59. The minimum absolute atomic E-state index is 0.0763. The van der Waals surface area contributed by atoms with Crippen molar-refractivity contribution < 1.29 is 9.90 Å². The van der Waals surface area contributed by atoms with Crippen LogP contribution in [0.5, 0.6) is 0 Å². The molecule has 0 unspecified atom stereocenters. The lowest BCUT2D eigenvalue weighted by molar-refractivity contribution is 0.102. The molecule has 1 amide bonds. The van der Waals surface area contributed by atoms with Gasteiger partial charge in [-0.3, -0.25) is 9.48 Å². The van der Waals surface area contributed by atoms with Gasteiger partial charge in [-0.2, -0.15) is 5.10 Å². The summed E-state index contributed by atoms with van der Waals surface area (Å²) in [6, 6.07) is 12.6. The number of aryl methyl sites for hydroxylation is 3. The number of rotatable bonds is 6. The number of benzene rings is 2. The summed E-state index contributed by atoms with van der Waals surface area (Å²) in [4.78, 5) is 21.6. The van der Waals surface area contributed by atoms with Crippen molar-refractivity contribution in [2.24, 2.45) is 7.05 Å². The Kier molecular flexibility index (Phi) is 5.96. The predicted octanol–water partition coefficient (Wildman–Crippen LogP) is 3.98. The highest BCUT2D eigenvalue weighted by molar-refractivity contribution is 6.04. The topological polar surface area (TPSA) is 105 Å². The Balaban J connectivity index is 1.48. The molecule has 32 heavy (non-hydrogen) atoms. The molecule has 3 N–H and O–H groups in total. The van der Waals surface area contributed by atoms with Gasteiger partial charge in [0.1, 0.15) is 0 Å². The first-order valence-corrected chi connectivity index (χ1v) is 10.1. The fourth-order valence-electron chi connectivity index (χ4n) is 3.27. The molecule has 162 valence electrons. The molecule has 0 saturated heterocycles. The number of carbonyl (C=O) groups is 1. The van der Waals surface area contributed by atoms with Crippen molar-refractivity contribution >= 4 is 23.2 Å². The zero-order valence-corrected chi connectivity index (χ0v) is 18.1. The van der Waals surface area contributed by atoms with E-state index in [4.69, 9.17) is 0 Å². The number of carbonyl (C=O) groups excluding carboxylic acids is 1. The van der Waals surface area contributed by atoms with Crippen molar-refractivity contribution in [1.29, 1.82) is 0 Å².